The van der Waals surface area contributed by atoms with E-state index in [2.05, 4.69) is 34.0 Å². The number of rotatable bonds is 8. The fourth-order valence-corrected chi connectivity index (χ4v) is 5.38. The number of benzene rings is 3. The van der Waals surface area contributed by atoms with Crippen LogP contribution in [-0.2, 0) is 23.1 Å². The predicted octanol–water partition coefficient (Wildman–Crippen LogP) is 4.79. The first kappa shape index (κ1) is 24.0. The summed E-state index contributed by atoms with van der Waals surface area (Å²) in [6, 6.07) is 23.5. The Labute approximate surface area is 202 Å². The van der Waals surface area contributed by atoms with Crippen LogP contribution in [0.5, 0.6) is 0 Å². The van der Waals surface area contributed by atoms with Gasteiger partial charge in [-0.05, 0) is 67.8 Å². The van der Waals surface area contributed by atoms with E-state index in [1.54, 1.807) is 42.5 Å². The summed E-state index contributed by atoms with van der Waals surface area (Å²) < 4.78 is 27.8. The summed E-state index contributed by atoms with van der Waals surface area (Å²) in [6.07, 6.45) is 3.74. The SMILES string of the molecule is CC1CCCCN1Cc1ccccc1CNC(=O)c1cccc(NS(=O)(=O)c2ccccc2)c1. The summed E-state index contributed by atoms with van der Waals surface area (Å²) >= 11 is 0. The maximum atomic E-state index is 12.9. The van der Waals surface area contributed by atoms with Gasteiger partial charge in [0, 0.05) is 30.4 Å². The molecule has 178 valence electrons. The molecule has 0 spiro atoms. The molecule has 0 aliphatic carbocycles. The maximum Gasteiger partial charge on any atom is 0.261 e. The van der Waals surface area contributed by atoms with Crippen molar-refractivity contribution in [3.8, 4) is 0 Å². The van der Waals surface area contributed by atoms with E-state index in [0.717, 1.165) is 18.7 Å². The van der Waals surface area contributed by atoms with Crippen LogP contribution < -0.4 is 10.0 Å². The number of carbonyl (C=O) groups excluding carboxylic acids is 1. The van der Waals surface area contributed by atoms with E-state index in [-0.39, 0.29) is 10.8 Å². The Hall–Kier alpha value is -3.16. The maximum absolute atomic E-state index is 12.9. The van der Waals surface area contributed by atoms with Crippen molar-refractivity contribution in [3.05, 3.63) is 95.6 Å². The number of sulfonamides is 1. The largest absolute Gasteiger partial charge is 0.348 e. The molecule has 1 aliphatic heterocycles. The summed E-state index contributed by atoms with van der Waals surface area (Å²) in [6.45, 7) is 4.68. The number of nitrogens with zero attached hydrogens (tertiary/aromatic N) is 1. The highest BCUT2D eigenvalue weighted by atomic mass is 32.2. The second-order valence-corrected chi connectivity index (χ2v) is 10.4. The van der Waals surface area contributed by atoms with E-state index in [9.17, 15) is 13.2 Å². The molecule has 1 saturated heterocycles. The summed E-state index contributed by atoms with van der Waals surface area (Å²) in [5, 5.41) is 2.99. The molecule has 1 unspecified atom stereocenters. The molecule has 3 aromatic carbocycles. The van der Waals surface area contributed by atoms with Crippen LogP contribution in [0.4, 0.5) is 5.69 Å². The average molecular weight is 478 g/mol. The normalized spacial score (nSPS) is 16.7. The highest BCUT2D eigenvalue weighted by Gasteiger charge is 2.19. The van der Waals surface area contributed by atoms with Crippen molar-refractivity contribution < 1.29 is 13.2 Å². The molecule has 3 aromatic rings. The zero-order valence-electron chi connectivity index (χ0n) is 19.4. The summed E-state index contributed by atoms with van der Waals surface area (Å²) in [5.74, 6) is -0.248. The number of amides is 1. The molecule has 0 saturated carbocycles. The van der Waals surface area contributed by atoms with Crippen LogP contribution in [0.25, 0.3) is 0 Å². The third kappa shape index (κ3) is 6.04. The van der Waals surface area contributed by atoms with E-state index in [4.69, 9.17) is 0 Å². The van der Waals surface area contributed by atoms with E-state index in [1.807, 2.05) is 12.1 Å². The minimum atomic E-state index is -3.72. The molecule has 1 amide bonds. The monoisotopic (exact) mass is 477 g/mol. The van der Waals surface area contributed by atoms with Crippen LogP contribution in [0.3, 0.4) is 0 Å². The second kappa shape index (κ2) is 10.8. The lowest BCUT2D eigenvalue weighted by Gasteiger charge is -2.33. The fraction of sp³-hybridized carbons (Fsp3) is 0.296. The van der Waals surface area contributed by atoms with Crippen molar-refractivity contribution in [1.29, 1.82) is 0 Å². The number of likely N-dealkylation sites (tertiary alicyclic amines) is 1. The van der Waals surface area contributed by atoms with Crippen molar-refractivity contribution >= 4 is 21.6 Å². The van der Waals surface area contributed by atoms with E-state index < -0.39 is 10.0 Å². The van der Waals surface area contributed by atoms with Gasteiger partial charge in [-0.1, -0.05) is 55.0 Å². The summed E-state index contributed by atoms with van der Waals surface area (Å²) in [5.41, 5.74) is 3.06. The molecule has 1 atom stereocenters. The van der Waals surface area contributed by atoms with Gasteiger partial charge in [-0.3, -0.25) is 14.4 Å². The van der Waals surface area contributed by atoms with Gasteiger partial charge >= 0.3 is 0 Å². The number of anilines is 1. The van der Waals surface area contributed by atoms with Crippen LogP contribution >= 0.6 is 0 Å². The first-order valence-corrected chi connectivity index (χ1v) is 13.2. The lowest BCUT2D eigenvalue weighted by Crippen LogP contribution is -2.37. The lowest BCUT2D eigenvalue weighted by atomic mass is 10.0. The van der Waals surface area contributed by atoms with Crippen LogP contribution in [0.15, 0.2) is 83.8 Å². The number of hydrogen-bond acceptors (Lipinski definition) is 4. The Balaban J connectivity index is 1.41. The van der Waals surface area contributed by atoms with Gasteiger partial charge in [-0.2, -0.15) is 0 Å². The average Bonchev–Trinajstić information content (AvgIpc) is 2.85. The minimum absolute atomic E-state index is 0.171. The number of carbonyl (C=O) groups is 1. The quantitative estimate of drug-likeness (QED) is 0.489. The van der Waals surface area contributed by atoms with Crippen LogP contribution in [0.2, 0.25) is 0 Å². The molecule has 0 aromatic heterocycles. The predicted molar refractivity (Wildman–Crippen MR) is 135 cm³/mol. The second-order valence-electron chi connectivity index (χ2n) is 8.77. The van der Waals surface area contributed by atoms with Gasteiger partial charge in [0.1, 0.15) is 0 Å². The molecule has 4 rings (SSSR count). The van der Waals surface area contributed by atoms with Gasteiger partial charge in [0.15, 0.2) is 0 Å². The van der Waals surface area contributed by atoms with Gasteiger partial charge in [0.25, 0.3) is 15.9 Å². The first-order chi connectivity index (χ1) is 16.4. The van der Waals surface area contributed by atoms with Crippen molar-refractivity contribution in [3.63, 3.8) is 0 Å². The van der Waals surface area contributed by atoms with E-state index in [1.165, 1.54) is 37.0 Å². The Morgan fingerprint density at radius 2 is 1.68 bits per heavy atom. The standard InChI is InChI=1S/C27H31N3O3S/c1-21-10-7-8-17-30(21)20-24-12-6-5-11-23(24)19-28-27(31)22-13-9-14-25(18-22)29-34(32,33)26-15-3-2-4-16-26/h2-6,9,11-16,18,21,29H,7-8,10,17,19-20H2,1H3,(H,28,31). The minimum Gasteiger partial charge on any atom is -0.348 e. The van der Waals surface area contributed by atoms with Crippen LogP contribution in [-0.4, -0.2) is 31.8 Å². The van der Waals surface area contributed by atoms with Crippen molar-refractivity contribution in [2.45, 2.75) is 50.2 Å². The Morgan fingerprint density at radius 1 is 0.941 bits per heavy atom. The number of nitrogens with one attached hydrogen (secondary N) is 2. The molecule has 1 heterocycles. The number of piperidine rings is 1. The molecule has 2 N–H and O–H groups in total. The van der Waals surface area contributed by atoms with Gasteiger partial charge in [-0.15, -0.1) is 0 Å². The molecule has 6 nitrogen and oxygen atoms in total. The lowest BCUT2D eigenvalue weighted by molar-refractivity contribution is 0.0950. The zero-order chi connectivity index (χ0) is 24.0. The Bertz CT molecular complexity index is 1230. The van der Waals surface area contributed by atoms with Gasteiger partial charge in [-0.25, -0.2) is 8.42 Å². The Morgan fingerprint density at radius 3 is 2.44 bits per heavy atom. The van der Waals surface area contributed by atoms with Crippen molar-refractivity contribution in [1.82, 2.24) is 10.2 Å². The molecule has 1 fully saturated rings. The summed E-state index contributed by atoms with van der Waals surface area (Å²) in [4.78, 5) is 15.5. The van der Waals surface area contributed by atoms with Crippen molar-refractivity contribution in [2.24, 2.45) is 0 Å². The number of hydrogen-bond donors (Lipinski definition) is 2. The van der Waals surface area contributed by atoms with E-state index >= 15 is 0 Å². The van der Waals surface area contributed by atoms with Gasteiger partial charge in [0.05, 0.1) is 4.90 Å². The van der Waals surface area contributed by atoms with Crippen LogP contribution in [0.1, 0.15) is 47.7 Å². The third-order valence-electron chi connectivity index (χ3n) is 6.30. The Kier molecular flexibility index (Phi) is 7.65. The molecule has 0 bridgehead atoms. The zero-order valence-corrected chi connectivity index (χ0v) is 20.2. The molecule has 1 aliphatic rings. The highest BCUT2D eigenvalue weighted by molar-refractivity contribution is 7.92. The molecular weight excluding hydrogens is 446 g/mol. The molecule has 7 heteroatoms. The molecular formula is C27H31N3O3S. The van der Waals surface area contributed by atoms with Crippen molar-refractivity contribution in [2.75, 3.05) is 11.3 Å². The molecule has 0 radical (unpaired) electrons. The highest BCUT2D eigenvalue weighted by Crippen LogP contribution is 2.21. The smallest absolute Gasteiger partial charge is 0.261 e. The van der Waals surface area contributed by atoms with Gasteiger partial charge in [0.2, 0.25) is 0 Å². The fourth-order valence-electron chi connectivity index (χ4n) is 4.31. The third-order valence-corrected chi connectivity index (χ3v) is 7.70. The van der Waals surface area contributed by atoms with Gasteiger partial charge < -0.3 is 5.32 Å². The van der Waals surface area contributed by atoms with E-state index in [0.29, 0.717) is 23.8 Å². The van der Waals surface area contributed by atoms with Crippen LogP contribution in [0, 0.1) is 0 Å². The molecule has 34 heavy (non-hydrogen) atoms. The summed E-state index contributed by atoms with van der Waals surface area (Å²) in [7, 11) is -3.72. The first-order valence-electron chi connectivity index (χ1n) is 11.7. The topological polar surface area (TPSA) is 78.5 Å².